The van der Waals surface area contributed by atoms with E-state index in [1.165, 1.54) is 0 Å². The van der Waals surface area contributed by atoms with E-state index in [1.54, 1.807) is 36.7 Å². The van der Waals surface area contributed by atoms with Crippen LogP contribution in [0.2, 0.25) is 0 Å². The molecular formula is C36H32Fe2N4NiO2+6. The second-order valence-electron chi connectivity index (χ2n) is 8.49. The Bertz CT molecular complexity index is 953. The Labute approximate surface area is 303 Å². The average Bonchev–Trinajstić information content (AvgIpc) is 3.88. The summed E-state index contributed by atoms with van der Waals surface area (Å²) in [6.45, 7) is 0. The van der Waals surface area contributed by atoms with Gasteiger partial charge in [0.1, 0.15) is 0 Å². The first-order valence-electron chi connectivity index (χ1n) is 13.3. The molecule has 2 aromatic rings. The SMILES string of the molecule is O=C(N/N=C/[C]1[CH][CH][CH][CH]1)c1ccccc1.O=C(N/N=C/[C]1[CH][CH][CH][CH]1)c1ccccc1.[CH]1[CH][CH][CH][CH]1.[CH]1[CH][CH][CH][CH]1.[Fe+2].[Fe+2].[Ni+2]. The Morgan fingerprint density at radius 1 is 0.444 bits per heavy atom. The number of benzene rings is 2. The first kappa shape index (κ1) is 43.3. The molecule has 0 bridgehead atoms. The minimum absolute atomic E-state index is 0. The van der Waals surface area contributed by atoms with Crippen molar-refractivity contribution in [2.45, 2.75) is 0 Å². The van der Waals surface area contributed by atoms with E-state index in [4.69, 9.17) is 0 Å². The topological polar surface area (TPSA) is 82.9 Å². The van der Waals surface area contributed by atoms with Gasteiger partial charge in [-0.15, -0.1) is 0 Å². The van der Waals surface area contributed by atoms with E-state index in [-0.39, 0.29) is 62.4 Å². The van der Waals surface area contributed by atoms with Gasteiger partial charge in [-0.25, -0.2) is 10.9 Å². The van der Waals surface area contributed by atoms with E-state index < -0.39 is 0 Å². The molecule has 0 aromatic heterocycles. The van der Waals surface area contributed by atoms with Gasteiger partial charge in [0, 0.05) is 35.4 Å². The number of carbonyl (C=O) groups is 2. The summed E-state index contributed by atoms with van der Waals surface area (Å²) in [6.07, 6.45) is 38.6. The van der Waals surface area contributed by atoms with E-state index in [9.17, 15) is 9.59 Å². The number of rotatable bonds is 6. The Balaban J connectivity index is 0.000000626. The molecule has 228 valence electrons. The molecule has 0 aliphatic heterocycles. The third-order valence-corrected chi connectivity index (χ3v) is 5.32. The number of hydrazone groups is 2. The van der Waals surface area contributed by atoms with E-state index >= 15 is 0 Å². The number of hydrogen-bond acceptors (Lipinski definition) is 4. The van der Waals surface area contributed by atoms with Crippen LogP contribution in [-0.4, -0.2) is 24.2 Å². The second kappa shape index (κ2) is 28.5. The van der Waals surface area contributed by atoms with Crippen molar-refractivity contribution in [2.75, 3.05) is 0 Å². The largest absolute Gasteiger partial charge is 2.00 e. The van der Waals surface area contributed by atoms with E-state index in [1.807, 2.05) is 152 Å². The third kappa shape index (κ3) is 20.2. The summed E-state index contributed by atoms with van der Waals surface area (Å²) in [7, 11) is 0. The average molecular weight is 723 g/mol. The maximum absolute atomic E-state index is 11.5. The Kier molecular flexibility index (Phi) is 27.4. The smallest absolute Gasteiger partial charge is 0.267 e. The summed E-state index contributed by atoms with van der Waals surface area (Å²) < 4.78 is 0. The van der Waals surface area contributed by atoms with Crippen molar-refractivity contribution < 1.29 is 60.2 Å². The molecular weight excluding hydrogens is 691 g/mol. The maximum atomic E-state index is 11.5. The van der Waals surface area contributed by atoms with Crippen LogP contribution < -0.4 is 10.9 Å². The molecule has 45 heavy (non-hydrogen) atoms. The van der Waals surface area contributed by atoms with E-state index in [0.717, 1.165) is 11.8 Å². The molecule has 2 aromatic carbocycles. The minimum atomic E-state index is -0.205. The monoisotopic (exact) mass is 722 g/mol. The number of amides is 2. The molecule has 9 heteroatoms. The summed E-state index contributed by atoms with van der Waals surface area (Å²) >= 11 is 0. The quantitative estimate of drug-likeness (QED) is 0.230. The number of nitrogens with one attached hydrogen (secondary N) is 2. The van der Waals surface area contributed by atoms with Gasteiger partial charge in [-0.05, 0) is 140 Å². The summed E-state index contributed by atoms with van der Waals surface area (Å²) in [4.78, 5) is 23.1. The zero-order valence-corrected chi connectivity index (χ0v) is 27.3. The molecule has 6 nitrogen and oxygen atoms in total. The third-order valence-electron chi connectivity index (χ3n) is 5.32. The summed E-state index contributed by atoms with van der Waals surface area (Å²) in [5, 5.41) is 7.73. The van der Waals surface area contributed by atoms with Gasteiger partial charge < -0.3 is 0 Å². The molecule has 6 rings (SSSR count). The zero-order chi connectivity index (χ0) is 29.5. The Hall–Kier alpha value is -1.75. The van der Waals surface area contributed by atoms with Crippen LogP contribution in [0.1, 0.15) is 20.7 Å². The standard InChI is InChI=1S/2C13H11N2O.2C5H5.2Fe.Ni/c2*16-13(12-8-2-1-3-9-12)15-14-10-11-6-4-5-7-11;2*1-2-4-5-3-1;;;/h2*1-10H,(H,15,16);2*1-5H;;;/q;;;;3*+2/b2*14-10+;;;;;. The van der Waals surface area contributed by atoms with Crippen molar-refractivity contribution in [2.24, 2.45) is 10.2 Å². The van der Waals surface area contributed by atoms with Gasteiger partial charge in [0.15, 0.2) is 0 Å². The molecule has 0 saturated heterocycles. The fraction of sp³-hybridized carbons (Fsp3) is 0. The van der Waals surface area contributed by atoms with Crippen LogP contribution in [0.5, 0.6) is 0 Å². The van der Waals surface area contributed by atoms with Crippen LogP contribution >= 0.6 is 0 Å². The van der Waals surface area contributed by atoms with Gasteiger partial charge in [-0.3, -0.25) is 9.59 Å². The van der Waals surface area contributed by atoms with Gasteiger partial charge in [0.05, 0.1) is 0 Å². The van der Waals surface area contributed by atoms with Crippen molar-refractivity contribution >= 4 is 24.2 Å². The number of carbonyl (C=O) groups excluding carboxylic acids is 2. The summed E-state index contributed by atoms with van der Waals surface area (Å²) in [5.74, 6) is 1.52. The van der Waals surface area contributed by atoms with Crippen molar-refractivity contribution in [3.05, 3.63) is 199 Å². The molecule has 20 radical (unpaired) electrons. The Morgan fingerprint density at radius 2 is 0.711 bits per heavy atom. The van der Waals surface area contributed by atoms with Crippen LogP contribution in [0.3, 0.4) is 0 Å². The van der Waals surface area contributed by atoms with Gasteiger partial charge in [0.2, 0.25) is 0 Å². The predicted octanol–water partition coefficient (Wildman–Crippen LogP) is 5.65. The molecule has 2 amide bonds. The van der Waals surface area contributed by atoms with Crippen molar-refractivity contribution in [3.8, 4) is 0 Å². The molecule has 4 fully saturated rings. The molecule has 2 N–H and O–H groups in total. The fourth-order valence-corrected chi connectivity index (χ4v) is 3.23. The van der Waals surface area contributed by atoms with Crippen LogP contribution in [0.25, 0.3) is 0 Å². The van der Waals surface area contributed by atoms with Gasteiger partial charge in [0.25, 0.3) is 11.8 Å². The normalized spacial score (nSPS) is 17.2. The first-order chi connectivity index (χ1) is 20.7. The first-order valence-corrected chi connectivity index (χ1v) is 13.3. The van der Waals surface area contributed by atoms with Crippen LogP contribution in [0.4, 0.5) is 0 Å². The van der Waals surface area contributed by atoms with Crippen molar-refractivity contribution in [3.63, 3.8) is 0 Å². The van der Waals surface area contributed by atoms with Gasteiger partial charge in [-0.1, -0.05) is 36.4 Å². The van der Waals surface area contributed by atoms with Crippen LogP contribution in [0.15, 0.2) is 70.9 Å². The Morgan fingerprint density at radius 3 is 0.978 bits per heavy atom. The molecule has 4 saturated carbocycles. The maximum Gasteiger partial charge on any atom is 2.00 e. The molecule has 0 spiro atoms. The molecule has 4 aliphatic rings. The second-order valence-corrected chi connectivity index (χ2v) is 8.49. The van der Waals surface area contributed by atoms with Gasteiger partial charge in [-0.2, -0.15) is 10.2 Å². The molecule has 0 unspecified atom stereocenters. The van der Waals surface area contributed by atoms with E-state index in [0.29, 0.717) is 11.1 Å². The summed E-state index contributed by atoms with van der Waals surface area (Å²) in [6, 6.07) is 18.0. The number of hydrogen-bond donors (Lipinski definition) is 2. The van der Waals surface area contributed by atoms with Gasteiger partial charge >= 0.3 is 50.6 Å². The zero-order valence-electron chi connectivity index (χ0n) is 24.1. The summed E-state index contributed by atoms with van der Waals surface area (Å²) in [5.41, 5.74) is 6.13. The molecule has 4 aliphatic carbocycles. The number of nitrogens with zero attached hydrogens (tertiary/aromatic N) is 2. The molecule has 0 atom stereocenters. The fourth-order valence-electron chi connectivity index (χ4n) is 3.23. The van der Waals surface area contributed by atoms with E-state index in [2.05, 4.69) is 21.1 Å². The van der Waals surface area contributed by atoms with Crippen LogP contribution in [-0.2, 0) is 50.6 Å². The minimum Gasteiger partial charge on any atom is -0.267 e. The van der Waals surface area contributed by atoms with Crippen molar-refractivity contribution in [1.29, 1.82) is 0 Å². The van der Waals surface area contributed by atoms with Crippen LogP contribution in [0, 0.1) is 127 Å². The molecule has 0 heterocycles. The van der Waals surface area contributed by atoms with Crippen molar-refractivity contribution in [1.82, 2.24) is 10.9 Å². The predicted molar refractivity (Wildman–Crippen MR) is 169 cm³/mol.